The molecule has 86 valence electrons. The smallest absolute Gasteiger partial charge is 0.142 e. The normalized spacial score (nSPS) is 41.7. The van der Waals surface area contributed by atoms with Gasteiger partial charge in [0, 0.05) is 12.0 Å². The molecule has 3 heteroatoms. The lowest BCUT2D eigenvalue weighted by molar-refractivity contribution is -0.128. The lowest BCUT2D eigenvalue weighted by atomic mass is 9.76. The summed E-state index contributed by atoms with van der Waals surface area (Å²) < 4.78 is 5.26. The molecule has 2 fully saturated rings. The summed E-state index contributed by atoms with van der Waals surface area (Å²) in [7, 11) is 0. The second kappa shape index (κ2) is 4.62. The molecule has 0 bridgehead atoms. The van der Waals surface area contributed by atoms with E-state index < -0.39 is 0 Å². The van der Waals surface area contributed by atoms with Crippen molar-refractivity contribution in [2.75, 3.05) is 13.2 Å². The lowest BCUT2D eigenvalue weighted by Gasteiger charge is -2.28. The Labute approximate surface area is 91.4 Å². The van der Waals surface area contributed by atoms with E-state index in [9.17, 15) is 4.79 Å². The fourth-order valence-corrected chi connectivity index (χ4v) is 2.86. The van der Waals surface area contributed by atoms with Crippen LogP contribution >= 0.6 is 0 Å². The molecule has 3 nitrogen and oxygen atoms in total. The fourth-order valence-electron chi connectivity index (χ4n) is 2.86. The molecule has 1 aliphatic carbocycles. The first kappa shape index (κ1) is 11.1. The van der Waals surface area contributed by atoms with Gasteiger partial charge in [-0.1, -0.05) is 19.8 Å². The zero-order valence-corrected chi connectivity index (χ0v) is 9.45. The van der Waals surface area contributed by atoms with E-state index in [-0.39, 0.29) is 17.9 Å². The monoisotopic (exact) mass is 211 g/mol. The zero-order valence-electron chi connectivity index (χ0n) is 9.45. The van der Waals surface area contributed by atoms with Crippen LogP contribution in [0.1, 0.15) is 32.6 Å². The molecule has 0 amide bonds. The third-order valence-electron chi connectivity index (χ3n) is 3.83. The number of carbonyl (C=O) groups excluding carboxylic acids is 1. The SMILES string of the molecule is CC1CCCC(C(=O)C2COCC2N)C1. The van der Waals surface area contributed by atoms with Gasteiger partial charge in [-0.3, -0.25) is 4.79 Å². The predicted molar refractivity (Wildman–Crippen MR) is 58.4 cm³/mol. The second-order valence-corrected chi connectivity index (χ2v) is 5.18. The summed E-state index contributed by atoms with van der Waals surface area (Å²) in [5.41, 5.74) is 5.88. The molecule has 0 aromatic rings. The van der Waals surface area contributed by atoms with Gasteiger partial charge in [0.05, 0.1) is 19.1 Å². The van der Waals surface area contributed by atoms with Gasteiger partial charge in [-0.25, -0.2) is 0 Å². The minimum Gasteiger partial charge on any atom is -0.379 e. The lowest BCUT2D eigenvalue weighted by Crippen LogP contribution is -2.38. The summed E-state index contributed by atoms with van der Waals surface area (Å²) >= 11 is 0. The first-order valence-electron chi connectivity index (χ1n) is 6.05. The van der Waals surface area contributed by atoms with Gasteiger partial charge < -0.3 is 10.5 Å². The Morgan fingerprint density at radius 3 is 2.73 bits per heavy atom. The maximum atomic E-state index is 12.2. The van der Waals surface area contributed by atoms with Gasteiger partial charge in [0.2, 0.25) is 0 Å². The van der Waals surface area contributed by atoms with Crippen LogP contribution < -0.4 is 5.73 Å². The van der Waals surface area contributed by atoms with Gasteiger partial charge in [0.15, 0.2) is 0 Å². The summed E-state index contributed by atoms with van der Waals surface area (Å²) in [6.45, 7) is 3.34. The van der Waals surface area contributed by atoms with Gasteiger partial charge >= 0.3 is 0 Å². The van der Waals surface area contributed by atoms with E-state index in [4.69, 9.17) is 10.5 Å². The summed E-state index contributed by atoms with van der Waals surface area (Å²) in [6.07, 6.45) is 4.59. The average molecular weight is 211 g/mol. The van der Waals surface area contributed by atoms with Crippen molar-refractivity contribution in [3.63, 3.8) is 0 Å². The average Bonchev–Trinajstić information content (AvgIpc) is 2.63. The van der Waals surface area contributed by atoms with E-state index in [1.54, 1.807) is 0 Å². The molecular weight excluding hydrogens is 190 g/mol. The Bertz CT molecular complexity index is 242. The van der Waals surface area contributed by atoms with Crippen molar-refractivity contribution in [2.45, 2.75) is 38.6 Å². The van der Waals surface area contributed by atoms with E-state index in [1.165, 1.54) is 12.8 Å². The number of nitrogens with two attached hydrogens (primary N) is 1. The maximum Gasteiger partial charge on any atom is 0.142 e. The quantitative estimate of drug-likeness (QED) is 0.750. The molecule has 4 unspecified atom stereocenters. The van der Waals surface area contributed by atoms with Crippen molar-refractivity contribution in [3.05, 3.63) is 0 Å². The van der Waals surface area contributed by atoms with Crippen molar-refractivity contribution in [2.24, 2.45) is 23.5 Å². The third-order valence-corrected chi connectivity index (χ3v) is 3.83. The van der Waals surface area contributed by atoms with Gasteiger partial charge in [-0.05, 0) is 18.8 Å². The van der Waals surface area contributed by atoms with Crippen LogP contribution in [0.2, 0.25) is 0 Å². The number of ether oxygens (including phenoxy) is 1. The van der Waals surface area contributed by atoms with Gasteiger partial charge in [0.1, 0.15) is 5.78 Å². The van der Waals surface area contributed by atoms with E-state index >= 15 is 0 Å². The van der Waals surface area contributed by atoms with Crippen molar-refractivity contribution in [1.29, 1.82) is 0 Å². The summed E-state index contributed by atoms with van der Waals surface area (Å²) in [6, 6.07) is -0.0604. The zero-order chi connectivity index (χ0) is 10.8. The van der Waals surface area contributed by atoms with Crippen LogP contribution in [0.25, 0.3) is 0 Å². The number of hydrogen-bond acceptors (Lipinski definition) is 3. The number of hydrogen-bond donors (Lipinski definition) is 1. The Kier molecular flexibility index (Phi) is 3.42. The minimum atomic E-state index is -0.0604. The highest BCUT2D eigenvalue weighted by Crippen LogP contribution is 2.32. The number of ketones is 1. The molecule has 2 N–H and O–H groups in total. The first-order chi connectivity index (χ1) is 7.18. The van der Waals surface area contributed by atoms with Crippen LogP contribution in [0.15, 0.2) is 0 Å². The summed E-state index contributed by atoms with van der Waals surface area (Å²) in [5, 5.41) is 0. The highest BCUT2D eigenvalue weighted by molar-refractivity contribution is 5.84. The number of Topliss-reactive ketones (excluding diaryl/α,β-unsaturated/α-hetero) is 1. The molecule has 1 saturated carbocycles. The fraction of sp³-hybridized carbons (Fsp3) is 0.917. The Hall–Kier alpha value is -0.410. The number of rotatable bonds is 2. The van der Waals surface area contributed by atoms with E-state index in [2.05, 4.69) is 6.92 Å². The molecule has 0 spiro atoms. The molecule has 0 aromatic carbocycles. The molecular formula is C12H21NO2. The largest absolute Gasteiger partial charge is 0.379 e. The van der Waals surface area contributed by atoms with Gasteiger partial charge in [0.25, 0.3) is 0 Å². The number of carbonyl (C=O) groups is 1. The van der Waals surface area contributed by atoms with Crippen LogP contribution in [-0.2, 0) is 9.53 Å². The van der Waals surface area contributed by atoms with Crippen LogP contribution in [0.4, 0.5) is 0 Å². The second-order valence-electron chi connectivity index (χ2n) is 5.18. The van der Waals surface area contributed by atoms with Gasteiger partial charge in [-0.15, -0.1) is 0 Å². The van der Waals surface area contributed by atoms with Crippen molar-refractivity contribution < 1.29 is 9.53 Å². The van der Waals surface area contributed by atoms with Crippen molar-refractivity contribution >= 4 is 5.78 Å². The molecule has 0 radical (unpaired) electrons. The summed E-state index contributed by atoms with van der Waals surface area (Å²) in [4.78, 5) is 12.2. The van der Waals surface area contributed by atoms with Crippen molar-refractivity contribution in [1.82, 2.24) is 0 Å². The van der Waals surface area contributed by atoms with Gasteiger partial charge in [-0.2, -0.15) is 0 Å². The Morgan fingerprint density at radius 1 is 1.33 bits per heavy atom. The van der Waals surface area contributed by atoms with Crippen LogP contribution in [0.5, 0.6) is 0 Å². The van der Waals surface area contributed by atoms with Crippen LogP contribution in [0.3, 0.4) is 0 Å². The topological polar surface area (TPSA) is 52.3 Å². The summed E-state index contributed by atoms with van der Waals surface area (Å²) in [5.74, 6) is 1.30. The first-order valence-corrected chi connectivity index (χ1v) is 6.05. The molecule has 1 saturated heterocycles. The van der Waals surface area contributed by atoms with E-state index in [0.717, 1.165) is 12.8 Å². The molecule has 0 aromatic heterocycles. The molecule has 4 atom stereocenters. The third kappa shape index (κ3) is 2.40. The minimum absolute atomic E-state index is 0.0275. The van der Waals surface area contributed by atoms with E-state index in [1.807, 2.05) is 0 Å². The highest BCUT2D eigenvalue weighted by atomic mass is 16.5. The van der Waals surface area contributed by atoms with Crippen LogP contribution in [-0.4, -0.2) is 25.0 Å². The standard InChI is InChI=1S/C12H21NO2/c1-8-3-2-4-9(5-8)12(14)10-6-15-7-11(10)13/h8-11H,2-7,13H2,1H3. The van der Waals surface area contributed by atoms with E-state index in [0.29, 0.717) is 24.9 Å². The van der Waals surface area contributed by atoms with Crippen LogP contribution in [0, 0.1) is 17.8 Å². The maximum absolute atomic E-state index is 12.2. The molecule has 2 rings (SSSR count). The Morgan fingerprint density at radius 2 is 2.13 bits per heavy atom. The Balaban J connectivity index is 1.94. The molecule has 15 heavy (non-hydrogen) atoms. The molecule has 1 heterocycles. The van der Waals surface area contributed by atoms with Crippen molar-refractivity contribution in [3.8, 4) is 0 Å². The highest BCUT2D eigenvalue weighted by Gasteiger charge is 2.36. The molecule has 2 aliphatic rings. The molecule has 1 aliphatic heterocycles. The predicted octanol–water partition coefficient (Wildman–Crippen LogP) is 1.36.